The van der Waals surface area contributed by atoms with Gasteiger partial charge in [0, 0.05) is 44.1 Å². The van der Waals surface area contributed by atoms with Crippen LogP contribution in [-0.4, -0.2) is 56.5 Å². The summed E-state index contributed by atoms with van der Waals surface area (Å²) in [6, 6.07) is 9.49. The van der Waals surface area contributed by atoms with E-state index in [1.807, 2.05) is 31.2 Å². The molecular formula is C21H20N6O3. The number of aromatic nitrogens is 4. The molecule has 2 amide bonds. The Bertz CT molecular complexity index is 1080. The number of aryl methyl sites for hydroxylation is 1. The molecule has 2 saturated heterocycles. The second-order valence-corrected chi connectivity index (χ2v) is 7.71. The molecule has 2 aromatic heterocycles. The summed E-state index contributed by atoms with van der Waals surface area (Å²) >= 11 is 0. The predicted molar refractivity (Wildman–Crippen MR) is 106 cm³/mol. The molecule has 5 rings (SSSR count). The van der Waals surface area contributed by atoms with Crippen LogP contribution in [0, 0.1) is 12.8 Å². The van der Waals surface area contributed by atoms with Gasteiger partial charge in [-0.1, -0.05) is 22.9 Å². The van der Waals surface area contributed by atoms with E-state index in [0.29, 0.717) is 37.2 Å². The molecule has 0 bridgehead atoms. The summed E-state index contributed by atoms with van der Waals surface area (Å²) in [4.78, 5) is 41.3. The lowest BCUT2D eigenvalue weighted by Crippen LogP contribution is -2.51. The zero-order chi connectivity index (χ0) is 20.7. The normalized spacial score (nSPS) is 19.2. The number of hydrogen-bond donors (Lipinski definition) is 0. The van der Waals surface area contributed by atoms with Gasteiger partial charge < -0.3 is 14.3 Å². The van der Waals surface area contributed by atoms with E-state index in [4.69, 9.17) is 4.52 Å². The van der Waals surface area contributed by atoms with Crippen molar-refractivity contribution in [2.24, 2.45) is 5.92 Å². The number of nitrogens with zero attached hydrogens (tertiary/aromatic N) is 6. The fraction of sp³-hybridized carbons (Fsp3) is 0.333. The van der Waals surface area contributed by atoms with E-state index in [1.165, 1.54) is 0 Å². The second kappa shape index (κ2) is 7.33. The minimum absolute atomic E-state index is 0.000318. The molecule has 3 aromatic rings. The fourth-order valence-electron chi connectivity index (χ4n) is 3.83. The molecule has 0 spiro atoms. The molecule has 4 heterocycles. The van der Waals surface area contributed by atoms with Crippen LogP contribution in [-0.2, 0) is 9.59 Å². The van der Waals surface area contributed by atoms with Crippen LogP contribution in [0.2, 0.25) is 0 Å². The number of amides is 2. The zero-order valence-electron chi connectivity index (χ0n) is 16.4. The number of hydrogen-bond acceptors (Lipinski definition) is 7. The average Bonchev–Trinajstić information content (AvgIpc) is 3.35. The SMILES string of the molecule is Cc1ccc(N2CC(C(=O)N3CC(c4nc(-c5ncccn5)no4)C3)CC2=O)cc1. The number of anilines is 1. The van der Waals surface area contributed by atoms with Crippen molar-refractivity contribution in [2.45, 2.75) is 19.3 Å². The number of likely N-dealkylation sites (tertiary alicyclic amines) is 1. The average molecular weight is 404 g/mol. The van der Waals surface area contributed by atoms with Crippen LogP contribution in [0.25, 0.3) is 11.6 Å². The molecule has 9 heteroatoms. The molecular weight excluding hydrogens is 384 g/mol. The van der Waals surface area contributed by atoms with Crippen LogP contribution in [0.1, 0.15) is 23.8 Å². The Hall–Kier alpha value is -3.62. The van der Waals surface area contributed by atoms with Crippen molar-refractivity contribution in [1.29, 1.82) is 0 Å². The third-order valence-electron chi connectivity index (χ3n) is 5.57. The summed E-state index contributed by atoms with van der Waals surface area (Å²) in [5, 5.41) is 3.93. The molecule has 0 radical (unpaired) electrons. The molecule has 0 saturated carbocycles. The van der Waals surface area contributed by atoms with Gasteiger partial charge in [0.1, 0.15) is 0 Å². The van der Waals surface area contributed by atoms with Crippen LogP contribution in [0.3, 0.4) is 0 Å². The van der Waals surface area contributed by atoms with E-state index >= 15 is 0 Å². The molecule has 2 aliphatic rings. The minimum Gasteiger partial charge on any atom is -0.341 e. The van der Waals surface area contributed by atoms with Crippen LogP contribution in [0.5, 0.6) is 0 Å². The highest BCUT2D eigenvalue weighted by Gasteiger charge is 2.42. The van der Waals surface area contributed by atoms with Gasteiger partial charge in [0.2, 0.25) is 29.4 Å². The lowest BCUT2D eigenvalue weighted by molar-refractivity contribution is -0.140. The first-order valence-electron chi connectivity index (χ1n) is 9.85. The van der Waals surface area contributed by atoms with Crippen LogP contribution in [0.15, 0.2) is 47.2 Å². The lowest BCUT2D eigenvalue weighted by Gasteiger charge is -2.38. The van der Waals surface area contributed by atoms with Crippen molar-refractivity contribution in [1.82, 2.24) is 25.0 Å². The van der Waals surface area contributed by atoms with Gasteiger partial charge in [0.25, 0.3) is 0 Å². The zero-order valence-corrected chi connectivity index (χ0v) is 16.4. The quantitative estimate of drug-likeness (QED) is 0.653. The molecule has 30 heavy (non-hydrogen) atoms. The van der Waals surface area contributed by atoms with E-state index in [2.05, 4.69) is 20.1 Å². The van der Waals surface area contributed by atoms with Gasteiger partial charge in [-0.3, -0.25) is 9.59 Å². The topological polar surface area (TPSA) is 105 Å². The van der Waals surface area contributed by atoms with Gasteiger partial charge in [0.15, 0.2) is 0 Å². The maximum absolute atomic E-state index is 12.9. The molecule has 9 nitrogen and oxygen atoms in total. The predicted octanol–water partition coefficient (Wildman–Crippen LogP) is 1.81. The monoisotopic (exact) mass is 404 g/mol. The third-order valence-corrected chi connectivity index (χ3v) is 5.57. The van der Waals surface area contributed by atoms with E-state index in [1.54, 1.807) is 28.3 Å². The Morgan fingerprint density at radius 2 is 1.80 bits per heavy atom. The molecule has 1 aromatic carbocycles. The first-order valence-corrected chi connectivity index (χ1v) is 9.85. The number of rotatable bonds is 4. The first-order chi connectivity index (χ1) is 14.6. The summed E-state index contributed by atoms with van der Waals surface area (Å²) in [7, 11) is 0. The summed E-state index contributed by atoms with van der Waals surface area (Å²) in [5.74, 6) is 0.871. The van der Waals surface area contributed by atoms with Crippen molar-refractivity contribution in [3.63, 3.8) is 0 Å². The lowest BCUT2D eigenvalue weighted by atomic mass is 9.96. The molecule has 2 aliphatic heterocycles. The standard InChI is InChI=1S/C21H20N6O3/c1-13-3-5-16(6-4-13)27-12-14(9-17(27)28)21(29)26-10-15(11-26)20-24-19(25-30-20)18-22-7-2-8-23-18/h2-8,14-15H,9-12H2,1H3. The highest BCUT2D eigenvalue weighted by molar-refractivity contribution is 6.00. The Morgan fingerprint density at radius 1 is 1.07 bits per heavy atom. The van der Waals surface area contributed by atoms with E-state index in [-0.39, 0.29) is 30.1 Å². The Morgan fingerprint density at radius 3 is 2.53 bits per heavy atom. The summed E-state index contributed by atoms with van der Waals surface area (Å²) in [5.41, 5.74) is 1.97. The largest absolute Gasteiger partial charge is 0.341 e. The smallest absolute Gasteiger partial charge is 0.240 e. The summed E-state index contributed by atoms with van der Waals surface area (Å²) in [6.45, 7) is 3.43. The molecule has 0 N–H and O–H groups in total. The second-order valence-electron chi connectivity index (χ2n) is 7.71. The number of benzene rings is 1. The molecule has 0 aliphatic carbocycles. The van der Waals surface area contributed by atoms with Gasteiger partial charge in [-0.05, 0) is 25.1 Å². The van der Waals surface area contributed by atoms with Crippen molar-refractivity contribution in [2.75, 3.05) is 24.5 Å². The molecule has 2 fully saturated rings. The minimum atomic E-state index is -0.323. The van der Waals surface area contributed by atoms with Crippen molar-refractivity contribution in [3.8, 4) is 11.6 Å². The van der Waals surface area contributed by atoms with Crippen LogP contribution in [0.4, 0.5) is 5.69 Å². The van der Waals surface area contributed by atoms with Crippen molar-refractivity contribution in [3.05, 3.63) is 54.2 Å². The van der Waals surface area contributed by atoms with Crippen molar-refractivity contribution < 1.29 is 14.1 Å². The van der Waals surface area contributed by atoms with Gasteiger partial charge in [-0.15, -0.1) is 0 Å². The summed E-state index contributed by atoms with van der Waals surface area (Å²) < 4.78 is 5.34. The highest BCUT2D eigenvalue weighted by atomic mass is 16.5. The molecule has 1 unspecified atom stereocenters. The maximum atomic E-state index is 12.9. The van der Waals surface area contributed by atoms with E-state index < -0.39 is 0 Å². The van der Waals surface area contributed by atoms with E-state index in [9.17, 15) is 9.59 Å². The summed E-state index contributed by atoms with van der Waals surface area (Å²) in [6.07, 6.45) is 3.47. The highest BCUT2D eigenvalue weighted by Crippen LogP contribution is 2.32. The molecule has 152 valence electrons. The van der Waals surface area contributed by atoms with Gasteiger partial charge in [-0.2, -0.15) is 4.98 Å². The number of carbonyl (C=O) groups is 2. The van der Waals surface area contributed by atoms with Crippen LogP contribution < -0.4 is 4.90 Å². The number of carbonyl (C=O) groups excluding carboxylic acids is 2. The fourth-order valence-corrected chi connectivity index (χ4v) is 3.83. The van der Waals surface area contributed by atoms with Gasteiger partial charge in [0.05, 0.1) is 11.8 Å². The third kappa shape index (κ3) is 3.32. The van der Waals surface area contributed by atoms with Gasteiger partial charge >= 0.3 is 0 Å². The Labute approximate surface area is 172 Å². The van der Waals surface area contributed by atoms with Crippen molar-refractivity contribution >= 4 is 17.5 Å². The molecule has 1 atom stereocenters. The Kier molecular flexibility index (Phi) is 4.50. The maximum Gasteiger partial charge on any atom is 0.240 e. The van der Waals surface area contributed by atoms with Crippen LogP contribution >= 0.6 is 0 Å². The Balaban J connectivity index is 1.20. The van der Waals surface area contributed by atoms with E-state index in [0.717, 1.165) is 11.3 Å². The first kappa shape index (κ1) is 18.4. The van der Waals surface area contributed by atoms with Gasteiger partial charge in [-0.25, -0.2) is 9.97 Å².